The van der Waals surface area contributed by atoms with E-state index in [0.29, 0.717) is 35.3 Å². The van der Waals surface area contributed by atoms with Gasteiger partial charge in [0, 0.05) is 22.6 Å². The maximum atomic E-state index is 13.3. The summed E-state index contributed by atoms with van der Waals surface area (Å²) in [6.45, 7) is 0.367. The summed E-state index contributed by atoms with van der Waals surface area (Å²) in [5.41, 5.74) is 3.78. The predicted octanol–water partition coefficient (Wildman–Crippen LogP) is 5.00. The summed E-state index contributed by atoms with van der Waals surface area (Å²) in [6, 6.07) is 26.7. The van der Waals surface area contributed by atoms with E-state index >= 15 is 0 Å². The molecule has 1 aliphatic heterocycles. The smallest absolute Gasteiger partial charge is 0.338 e. The number of carbonyl (C=O) groups excluding carboxylic acids is 1. The van der Waals surface area contributed by atoms with Crippen molar-refractivity contribution in [2.75, 3.05) is 18.2 Å². The van der Waals surface area contributed by atoms with Crippen molar-refractivity contribution in [3.05, 3.63) is 107 Å². The zero-order valence-electron chi connectivity index (χ0n) is 21.3. The number of fused-ring (bicyclic) bond motifs is 1. The van der Waals surface area contributed by atoms with E-state index in [-0.39, 0.29) is 0 Å². The van der Waals surface area contributed by atoms with Crippen molar-refractivity contribution in [2.24, 2.45) is 0 Å². The van der Waals surface area contributed by atoms with Gasteiger partial charge < -0.3 is 14.8 Å². The van der Waals surface area contributed by atoms with Gasteiger partial charge in [0.2, 0.25) is 5.95 Å². The number of carbonyl (C=O) groups is 1. The van der Waals surface area contributed by atoms with E-state index < -0.39 is 12.0 Å². The molecule has 3 heterocycles. The normalized spacial score (nSPS) is 14.4. The highest BCUT2D eigenvalue weighted by atomic mass is 32.2. The Morgan fingerprint density at radius 1 is 0.975 bits per heavy atom. The Balaban J connectivity index is 1.34. The van der Waals surface area contributed by atoms with Crippen LogP contribution in [0.25, 0.3) is 10.6 Å². The van der Waals surface area contributed by atoms with Crippen LogP contribution in [0.3, 0.4) is 0 Å². The topological polar surface area (TPSA) is 117 Å². The average molecular weight is 570 g/mol. The number of methoxy groups -OCH3 is 1. The van der Waals surface area contributed by atoms with Crippen LogP contribution in [0.15, 0.2) is 101 Å². The van der Waals surface area contributed by atoms with E-state index in [4.69, 9.17) is 9.47 Å². The summed E-state index contributed by atoms with van der Waals surface area (Å²) >= 11 is 2.96. The Labute approximate surface area is 238 Å². The lowest BCUT2D eigenvalue weighted by atomic mass is 9.95. The Morgan fingerprint density at radius 2 is 1.73 bits per heavy atom. The molecular weight excluding hydrogens is 546 g/mol. The highest BCUT2D eigenvalue weighted by molar-refractivity contribution is 8.01. The van der Waals surface area contributed by atoms with Gasteiger partial charge in [0.05, 0.1) is 12.7 Å². The molecule has 0 bridgehead atoms. The molecule has 12 heteroatoms. The molecule has 5 aromatic rings. The molecule has 40 heavy (non-hydrogen) atoms. The number of hydrogen-bond acceptors (Lipinski definition) is 11. The van der Waals surface area contributed by atoms with Gasteiger partial charge in [0.25, 0.3) is 0 Å². The Morgan fingerprint density at radius 3 is 2.52 bits per heavy atom. The fourth-order valence-electron chi connectivity index (χ4n) is 4.36. The Hall–Kier alpha value is -4.55. The third-order valence-corrected chi connectivity index (χ3v) is 8.35. The summed E-state index contributed by atoms with van der Waals surface area (Å²) in [5.74, 6) is 0.928. The van der Waals surface area contributed by atoms with Gasteiger partial charge in [-0.15, -0.1) is 10.2 Å². The minimum Gasteiger partial charge on any atom is -0.489 e. The number of rotatable bonds is 9. The molecule has 10 nitrogen and oxygen atoms in total. The van der Waals surface area contributed by atoms with Crippen molar-refractivity contribution in [2.45, 2.75) is 17.0 Å². The highest BCUT2D eigenvalue weighted by Gasteiger charge is 2.37. The first-order valence-corrected chi connectivity index (χ1v) is 14.1. The summed E-state index contributed by atoms with van der Waals surface area (Å²) in [4.78, 5) is 13.3. The minimum absolute atomic E-state index is 0.367. The van der Waals surface area contributed by atoms with Crippen LogP contribution >= 0.6 is 23.1 Å². The molecule has 3 aromatic carbocycles. The maximum Gasteiger partial charge on any atom is 0.338 e. The largest absolute Gasteiger partial charge is 0.489 e. The lowest BCUT2D eigenvalue weighted by molar-refractivity contribution is -0.136. The van der Waals surface area contributed by atoms with Gasteiger partial charge in [0.15, 0.2) is 4.34 Å². The first-order chi connectivity index (χ1) is 19.7. The van der Waals surface area contributed by atoms with Crippen LogP contribution in [0.5, 0.6) is 5.75 Å². The van der Waals surface area contributed by atoms with E-state index in [1.54, 1.807) is 4.68 Å². The fraction of sp³-hybridized carbons (Fsp3) is 0.143. The maximum absolute atomic E-state index is 13.3. The van der Waals surface area contributed by atoms with E-state index in [2.05, 4.69) is 31.0 Å². The van der Waals surface area contributed by atoms with Crippen LogP contribution in [-0.2, 0) is 16.1 Å². The number of nitrogens with zero attached hydrogens (tertiary/aromatic N) is 6. The van der Waals surface area contributed by atoms with Crippen molar-refractivity contribution < 1.29 is 14.3 Å². The number of ether oxygens (including phenoxy) is 2. The molecule has 0 saturated heterocycles. The zero-order valence-corrected chi connectivity index (χ0v) is 22.9. The van der Waals surface area contributed by atoms with Gasteiger partial charge in [-0.05, 0) is 22.1 Å². The first-order valence-electron chi connectivity index (χ1n) is 12.3. The Bertz CT molecular complexity index is 1650. The molecule has 0 fully saturated rings. The van der Waals surface area contributed by atoms with Crippen molar-refractivity contribution in [1.82, 2.24) is 30.4 Å². The molecule has 1 N–H and O–H groups in total. The quantitative estimate of drug-likeness (QED) is 0.192. The lowest BCUT2D eigenvalue weighted by Crippen LogP contribution is -2.31. The van der Waals surface area contributed by atoms with Crippen LogP contribution in [0.4, 0.5) is 5.95 Å². The van der Waals surface area contributed by atoms with Gasteiger partial charge in [-0.25, -0.2) is 4.79 Å². The van der Waals surface area contributed by atoms with Gasteiger partial charge >= 0.3 is 5.97 Å². The molecule has 0 radical (unpaired) electrons. The average Bonchev–Trinajstić information content (AvgIpc) is 3.69. The summed E-state index contributed by atoms with van der Waals surface area (Å²) < 4.78 is 13.8. The summed E-state index contributed by atoms with van der Waals surface area (Å²) in [6.07, 6.45) is 0. The molecule has 0 saturated carbocycles. The molecule has 6 rings (SSSR count). The van der Waals surface area contributed by atoms with Crippen LogP contribution < -0.4 is 10.1 Å². The second-order valence-electron chi connectivity index (χ2n) is 8.70. The van der Waals surface area contributed by atoms with E-state index in [1.165, 1.54) is 30.2 Å². The first kappa shape index (κ1) is 25.7. The van der Waals surface area contributed by atoms with Gasteiger partial charge in [-0.1, -0.05) is 107 Å². The summed E-state index contributed by atoms with van der Waals surface area (Å²) in [7, 11) is 1.36. The second-order valence-corrected chi connectivity index (χ2v) is 10.9. The predicted molar refractivity (Wildman–Crippen MR) is 152 cm³/mol. The van der Waals surface area contributed by atoms with E-state index in [9.17, 15) is 4.79 Å². The molecule has 1 aliphatic rings. The number of nitrogens with one attached hydrogen (secondary N) is 1. The van der Waals surface area contributed by atoms with E-state index in [0.717, 1.165) is 26.0 Å². The third kappa shape index (κ3) is 5.31. The molecule has 0 aliphatic carbocycles. The molecule has 2 aromatic heterocycles. The molecule has 0 amide bonds. The van der Waals surface area contributed by atoms with Gasteiger partial charge in [0.1, 0.15) is 23.4 Å². The molecule has 1 atom stereocenters. The van der Waals surface area contributed by atoms with Crippen LogP contribution in [-0.4, -0.2) is 49.2 Å². The number of anilines is 1. The Kier molecular flexibility index (Phi) is 7.51. The number of aromatic nitrogens is 6. The van der Waals surface area contributed by atoms with Gasteiger partial charge in [-0.2, -0.15) is 4.68 Å². The molecular formula is C28H23N7O3S2. The van der Waals surface area contributed by atoms with Gasteiger partial charge in [-0.3, -0.25) is 0 Å². The molecule has 0 spiro atoms. The number of hydrogen-bond donors (Lipinski definition) is 1. The fourth-order valence-corrected chi connectivity index (χ4v) is 6.18. The van der Waals surface area contributed by atoms with Crippen molar-refractivity contribution in [1.29, 1.82) is 0 Å². The van der Waals surface area contributed by atoms with Crippen LogP contribution in [0.1, 0.15) is 17.2 Å². The second kappa shape index (κ2) is 11.7. The number of esters is 1. The lowest BCUT2D eigenvalue weighted by Gasteiger charge is -2.29. The van der Waals surface area contributed by atoms with E-state index in [1.807, 2.05) is 84.9 Å². The molecule has 200 valence electrons. The SMILES string of the molecule is COC(=O)C1=C(CSc2nnc(-c3ccccc3)s2)Nc2nnnn2C1c1ccccc1OCc1ccccc1. The van der Waals surface area contributed by atoms with Crippen LogP contribution in [0, 0.1) is 0 Å². The zero-order chi connectivity index (χ0) is 27.3. The standard InChI is InChI=1S/C28H23N7O3S2/c1-37-26(36)23-21(17-39-28-32-30-25(40-28)19-12-6-3-7-13-19)29-27-31-33-34-35(27)24(23)20-14-8-9-15-22(20)38-16-18-10-4-2-5-11-18/h2-15,24H,16-17H2,1H3,(H,29,31,34). The van der Waals surface area contributed by atoms with Crippen molar-refractivity contribution in [3.63, 3.8) is 0 Å². The summed E-state index contributed by atoms with van der Waals surface area (Å²) in [5, 5.41) is 25.0. The number of tetrazole rings is 1. The number of benzene rings is 3. The third-order valence-electron chi connectivity index (χ3n) is 6.22. The monoisotopic (exact) mass is 569 g/mol. The number of thioether (sulfide) groups is 1. The van der Waals surface area contributed by atoms with Crippen LogP contribution in [0.2, 0.25) is 0 Å². The van der Waals surface area contributed by atoms with Crippen molar-refractivity contribution in [3.8, 4) is 16.3 Å². The highest BCUT2D eigenvalue weighted by Crippen LogP contribution is 2.41. The molecule has 1 unspecified atom stereocenters. The minimum atomic E-state index is -0.671. The number of para-hydroxylation sites is 1. The van der Waals surface area contributed by atoms with Crippen molar-refractivity contribution >= 4 is 35.0 Å².